The van der Waals surface area contributed by atoms with Crippen molar-refractivity contribution in [1.82, 2.24) is 9.97 Å². The molecule has 0 saturated carbocycles. The summed E-state index contributed by atoms with van der Waals surface area (Å²) in [6.07, 6.45) is 1.86. The van der Waals surface area contributed by atoms with E-state index in [0.717, 1.165) is 22.3 Å². The second-order valence-electron chi connectivity index (χ2n) is 7.69. The van der Waals surface area contributed by atoms with Gasteiger partial charge in [0, 0.05) is 23.9 Å². The Labute approximate surface area is 166 Å². The lowest BCUT2D eigenvalue weighted by molar-refractivity contribution is 0.0994. The third-order valence-electron chi connectivity index (χ3n) is 4.92. The molecule has 3 aromatic rings. The third-order valence-corrected chi connectivity index (χ3v) is 5.74. The Morgan fingerprint density at radius 3 is 2.68 bits per heavy atom. The van der Waals surface area contributed by atoms with E-state index in [1.807, 2.05) is 38.1 Å². The van der Waals surface area contributed by atoms with E-state index in [-0.39, 0.29) is 0 Å². The van der Waals surface area contributed by atoms with Crippen molar-refractivity contribution in [3.8, 4) is 0 Å². The van der Waals surface area contributed by atoms with Gasteiger partial charge in [-0.05, 0) is 41.7 Å². The molecule has 4 N–H and O–H groups in total. The van der Waals surface area contributed by atoms with Crippen LogP contribution in [0.2, 0.25) is 0 Å². The number of aromatic nitrogens is 2. The minimum atomic E-state index is -1.14. The van der Waals surface area contributed by atoms with E-state index >= 15 is 0 Å². The summed E-state index contributed by atoms with van der Waals surface area (Å²) in [5.74, 6) is -0.469. The average molecular weight is 400 g/mol. The molecule has 0 bridgehead atoms. The summed E-state index contributed by atoms with van der Waals surface area (Å²) in [5.41, 5.74) is 8.81. The van der Waals surface area contributed by atoms with Gasteiger partial charge in [0.15, 0.2) is 0 Å². The van der Waals surface area contributed by atoms with E-state index in [0.29, 0.717) is 23.4 Å². The van der Waals surface area contributed by atoms with Crippen LogP contribution >= 0.6 is 0 Å². The highest BCUT2D eigenvalue weighted by molar-refractivity contribution is 7.84. The van der Waals surface area contributed by atoms with Crippen LogP contribution in [0.4, 0.5) is 0 Å². The Balaban J connectivity index is 1.78. The summed E-state index contributed by atoms with van der Waals surface area (Å²) in [6, 6.07) is 12.7. The Morgan fingerprint density at radius 2 is 2.00 bits per heavy atom. The first-order valence-electron chi connectivity index (χ1n) is 9.07. The summed E-state index contributed by atoms with van der Waals surface area (Å²) >= 11 is 0. The predicted octanol–water partition coefficient (Wildman–Crippen LogP) is 2.67. The first kappa shape index (κ1) is 20.2. The number of hydrogen-bond donors (Lipinski definition) is 3. The van der Waals surface area contributed by atoms with Gasteiger partial charge >= 0.3 is 0 Å². The molecule has 0 fully saturated rings. The molecule has 0 aliphatic carbocycles. The molecule has 3 rings (SSSR count). The number of carbonyl (C=O) groups excluding carboxylic acids is 1. The summed E-state index contributed by atoms with van der Waals surface area (Å²) in [5, 5.41) is 11.2. The number of amides is 1. The van der Waals surface area contributed by atoms with Gasteiger partial charge in [0.1, 0.15) is 5.03 Å². The first-order valence-corrected chi connectivity index (χ1v) is 10.6. The van der Waals surface area contributed by atoms with Crippen molar-refractivity contribution in [2.24, 2.45) is 5.73 Å². The number of aromatic amines is 1. The van der Waals surface area contributed by atoms with Gasteiger partial charge < -0.3 is 15.8 Å². The molecule has 2 atom stereocenters. The molecular weight excluding hydrogens is 374 g/mol. The van der Waals surface area contributed by atoms with Gasteiger partial charge in [-0.25, -0.2) is 4.98 Å². The second-order valence-corrected chi connectivity index (χ2v) is 9.01. The number of aliphatic hydroxyl groups excluding tert-OH is 1. The van der Waals surface area contributed by atoms with Crippen molar-refractivity contribution in [2.45, 2.75) is 43.2 Å². The van der Waals surface area contributed by atoms with E-state index < -0.39 is 28.2 Å². The summed E-state index contributed by atoms with van der Waals surface area (Å²) < 4.78 is 11.6. The van der Waals surface area contributed by atoms with Crippen molar-refractivity contribution in [1.29, 1.82) is 0 Å². The third kappa shape index (κ3) is 4.31. The number of nitrogens with two attached hydrogens (primary N) is 1. The van der Waals surface area contributed by atoms with Crippen molar-refractivity contribution < 1.29 is 14.1 Å². The number of aliphatic hydroxyl groups is 1. The molecule has 0 saturated heterocycles. The number of fused-ring (bicyclic) bond motifs is 1. The number of pyridine rings is 1. The highest BCUT2D eigenvalue weighted by atomic mass is 32.2. The highest BCUT2D eigenvalue weighted by Gasteiger charge is 2.28. The van der Waals surface area contributed by atoms with Crippen LogP contribution in [0.15, 0.2) is 47.5 Å². The number of nitrogens with zero attached hydrogens (tertiary/aromatic N) is 1. The molecule has 2 unspecified atom stereocenters. The lowest BCUT2D eigenvalue weighted by Gasteiger charge is -2.29. The molecule has 1 aromatic carbocycles. The molecule has 7 heteroatoms. The minimum absolute atomic E-state index is 0.420. The Morgan fingerprint density at radius 1 is 1.29 bits per heavy atom. The lowest BCUT2D eigenvalue weighted by Crippen LogP contribution is -2.29. The molecule has 0 spiro atoms. The van der Waals surface area contributed by atoms with Crippen LogP contribution in [0.3, 0.4) is 0 Å². The smallest absolute Gasteiger partial charge is 0.248 e. The van der Waals surface area contributed by atoms with E-state index in [1.165, 1.54) is 0 Å². The fourth-order valence-corrected chi connectivity index (χ4v) is 4.12. The van der Waals surface area contributed by atoms with Crippen molar-refractivity contribution in [3.63, 3.8) is 0 Å². The van der Waals surface area contributed by atoms with Crippen LogP contribution < -0.4 is 5.73 Å². The van der Waals surface area contributed by atoms with E-state index in [2.05, 4.69) is 9.97 Å². The molecule has 2 heterocycles. The topological polar surface area (TPSA) is 109 Å². The number of rotatable bonds is 7. The van der Waals surface area contributed by atoms with Gasteiger partial charge in [-0.3, -0.25) is 9.00 Å². The minimum Gasteiger partial charge on any atom is -0.393 e. The molecule has 2 aromatic heterocycles. The second kappa shape index (κ2) is 7.85. The van der Waals surface area contributed by atoms with Crippen molar-refractivity contribution >= 4 is 27.7 Å². The molecule has 28 heavy (non-hydrogen) atoms. The maximum absolute atomic E-state index is 11.7. The van der Waals surface area contributed by atoms with E-state index in [1.54, 1.807) is 24.5 Å². The SMILES string of the molecule is CS(=O)c1ccc2[nH]c(CC(O)CC(C)(C)c3ccccc3C(N)=O)cc2n1. The Bertz CT molecular complexity index is 1040. The number of hydrogen-bond acceptors (Lipinski definition) is 4. The summed E-state index contributed by atoms with van der Waals surface area (Å²) in [4.78, 5) is 19.4. The maximum Gasteiger partial charge on any atom is 0.248 e. The molecule has 0 aliphatic rings. The van der Waals surface area contributed by atoms with Crippen LogP contribution in [0, 0.1) is 0 Å². The van der Waals surface area contributed by atoms with Crippen LogP contribution in [0.1, 0.15) is 41.9 Å². The zero-order chi connectivity index (χ0) is 20.5. The zero-order valence-electron chi connectivity index (χ0n) is 16.2. The first-order chi connectivity index (χ1) is 13.2. The van der Waals surface area contributed by atoms with Crippen LogP contribution in [-0.4, -0.2) is 37.6 Å². The van der Waals surface area contributed by atoms with Crippen molar-refractivity contribution in [2.75, 3.05) is 6.26 Å². The monoisotopic (exact) mass is 399 g/mol. The van der Waals surface area contributed by atoms with E-state index in [9.17, 15) is 14.1 Å². The van der Waals surface area contributed by atoms with Crippen LogP contribution in [0.5, 0.6) is 0 Å². The largest absolute Gasteiger partial charge is 0.393 e. The van der Waals surface area contributed by atoms with Gasteiger partial charge in [0.2, 0.25) is 5.91 Å². The van der Waals surface area contributed by atoms with Gasteiger partial charge in [-0.1, -0.05) is 32.0 Å². The number of benzene rings is 1. The summed E-state index contributed by atoms with van der Waals surface area (Å²) in [7, 11) is -1.14. The molecule has 0 radical (unpaired) electrons. The van der Waals surface area contributed by atoms with Gasteiger partial charge in [-0.2, -0.15) is 0 Å². The van der Waals surface area contributed by atoms with Gasteiger partial charge in [0.25, 0.3) is 0 Å². The van der Waals surface area contributed by atoms with Crippen molar-refractivity contribution in [3.05, 3.63) is 59.3 Å². The molecule has 0 aliphatic heterocycles. The van der Waals surface area contributed by atoms with Gasteiger partial charge in [0.05, 0.1) is 27.9 Å². The fraction of sp³-hybridized carbons (Fsp3) is 0.333. The van der Waals surface area contributed by atoms with Crippen LogP contribution in [-0.2, 0) is 22.6 Å². The molecular formula is C21H25N3O3S. The normalized spacial score (nSPS) is 14.1. The zero-order valence-corrected chi connectivity index (χ0v) is 17.0. The summed E-state index contributed by atoms with van der Waals surface area (Å²) in [6.45, 7) is 3.99. The number of H-pyrrole nitrogens is 1. The van der Waals surface area contributed by atoms with E-state index in [4.69, 9.17) is 5.73 Å². The maximum atomic E-state index is 11.7. The Hall–Kier alpha value is -2.51. The number of primary amides is 1. The molecule has 1 amide bonds. The number of carbonyl (C=O) groups is 1. The van der Waals surface area contributed by atoms with Crippen LogP contribution in [0.25, 0.3) is 11.0 Å². The Kier molecular flexibility index (Phi) is 5.67. The molecule has 148 valence electrons. The quantitative estimate of drug-likeness (QED) is 0.567. The lowest BCUT2D eigenvalue weighted by atomic mass is 9.77. The highest BCUT2D eigenvalue weighted by Crippen LogP contribution is 2.32. The average Bonchev–Trinajstić information content (AvgIpc) is 3.02. The van der Waals surface area contributed by atoms with Gasteiger partial charge in [-0.15, -0.1) is 0 Å². The predicted molar refractivity (Wildman–Crippen MR) is 111 cm³/mol. The number of nitrogens with one attached hydrogen (secondary N) is 1. The molecule has 6 nitrogen and oxygen atoms in total. The fourth-order valence-electron chi connectivity index (χ4n) is 3.63. The standard InChI is InChI=1S/C21H25N3O3S/c1-21(2,16-7-5-4-6-15(16)20(22)26)12-14(25)10-13-11-18-17(23-13)8-9-19(24-18)28(3)27/h4-9,11,14,23,25H,10,12H2,1-3H3,(H2,22,26).